The Hall–Kier alpha value is -2.42. The van der Waals surface area contributed by atoms with Crippen molar-refractivity contribution in [3.05, 3.63) is 77.4 Å². The van der Waals surface area contributed by atoms with Crippen molar-refractivity contribution in [2.45, 2.75) is 51.6 Å². The zero-order valence-electron chi connectivity index (χ0n) is 21.7. The molecule has 0 bridgehead atoms. The lowest BCUT2D eigenvalue weighted by atomic mass is 10.0. The van der Waals surface area contributed by atoms with Gasteiger partial charge in [0.05, 0.1) is 22.8 Å². The van der Waals surface area contributed by atoms with Crippen molar-refractivity contribution in [1.29, 1.82) is 0 Å². The van der Waals surface area contributed by atoms with Gasteiger partial charge in [0, 0.05) is 31.6 Å². The highest BCUT2D eigenvalue weighted by Gasteiger charge is 2.30. The topological polar surface area (TPSA) is 52.7 Å². The maximum absolute atomic E-state index is 14.0. The summed E-state index contributed by atoms with van der Waals surface area (Å²) in [7, 11) is -0.818. The first-order valence-corrected chi connectivity index (χ1v) is 14.5. The summed E-state index contributed by atoms with van der Waals surface area (Å²) in [6.45, 7) is 7.32. The Morgan fingerprint density at radius 1 is 1.11 bits per heavy atom. The lowest BCUT2D eigenvalue weighted by molar-refractivity contribution is -0.129. The lowest BCUT2D eigenvalue weighted by Gasteiger charge is -2.23. The summed E-state index contributed by atoms with van der Waals surface area (Å²) in [6.07, 6.45) is 7.10. The Kier molecular flexibility index (Phi) is 9.62. The molecule has 2 aromatic rings. The van der Waals surface area contributed by atoms with Crippen LogP contribution in [0, 0.1) is 17.6 Å². The van der Waals surface area contributed by atoms with Crippen LogP contribution in [0.2, 0.25) is 0 Å². The van der Waals surface area contributed by atoms with E-state index in [9.17, 15) is 17.8 Å². The number of nitrogens with one attached hydrogen (secondary N) is 1. The summed E-state index contributed by atoms with van der Waals surface area (Å²) in [5.41, 5.74) is 1.79. The van der Waals surface area contributed by atoms with Crippen LogP contribution >= 0.6 is 0 Å². The molecule has 0 radical (unpaired) electrons. The van der Waals surface area contributed by atoms with Crippen molar-refractivity contribution in [3.8, 4) is 0 Å². The van der Waals surface area contributed by atoms with Crippen LogP contribution in [0.4, 0.5) is 8.78 Å². The average Bonchev–Trinajstić information content (AvgIpc) is 3.43. The number of amides is 1. The molecule has 0 spiro atoms. The van der Waals surface area contributed by atoms with E-state index in [0.29, 0.717) is 11.6 Å². The standard InChI is InChI=1S/C18H15F2NO.C11H22N2OS/c1-12(22)21-11-14(16-10-15(19)7-8-17(16)20)9-18(21)13-5-3-2-4-6-13;1-10(11-4-5-11)12-15(14)9-8-13-6-2-3-7-13/h2-10,18H,11H2,1H3;10-12H,2-9H2,1H3/t18-;10-,15?/m01/s1. The Morgan fingerprint density at radius 2 is 1.81 bits per heavy atom. The Labute approximate surface area is 221 Å². The monoisotopic (exact) mass is 529 g/mol. The summed E-state index contributed by atoms with van der Waals surface area (Å²) in [5, 5.41) is 0. The van der Waals surface area contributed by atoms with Crippen LogP contribution < -0.4 is 4.72 Å². The van der Waals surface area contributed by atoms with E-state index in [4.69, 9.17) is 0 Å². The van der Waals surface area contributed by atoms with E-state index >= 15 is 0 Å². The fourth-order valence-corrected chi connectivity index (χ4v) is 6.09. The first-order chi connectivity index (χ1) is 17.8. The molecular weight excluding hydrogens is 492 g/mol. The second kappa shape index (κ2) is 12.9. The number of benzene rings is 2. The summed E-state index contributed by atoms with van der Waals surface area (Å²) in [5.74, 6) is 0.509. The Balaban J connectivity index is 0.000000186. The van der Waals surface area contributed by atoms with Gasteiger partial charge in [0.15, 0.2) is 0 Å². The van der Waals surface area contributed by atoms with Gasteiger partial charge >= 0.3 is 0 Å². The molecule has 1 saturated carbocycles. The fourth-order valence-electron chi connectivity index (χ4n) is 4.94. The quantitative estimate of drug-likeness (QED) is 0.519. The van der Waals surface area contributed by atoms with E-state index in [2.05, 4.69) is 16.5 Å². The van der Waals surface area contributed by atoms with Crippen LogP contribution in [-0.4, -0.2) is 57.9 Å². The summed E-state index contributed by atoms with van der Waals surface area (Å²) >= 11 is 0. The van der Waals surface area contributed by atoms with Crippen LogP contribution in [0.5, 0.6) is 0 Å². The molecule has 1 unspecified atom stereocenters. The second-order valence-electron chi connectivity index (χ2n) is 10.2. The van der Waals surface area contributed by atoms with Gasteiger partial charge in [-0.3, -0.25) is 4.79 Å². The molecule has 1 amide bonds. The molecule has 2 heterocycles. The normalized spacial score (nSPS) is 21.2. The van der Waals surface area contributed by atoms with Crippen LogP contribution in [0.15, 0.2) is 54.6 Å². The number of hydrogen-bond donors (Lipinski definition) is 1. The molecule has 1 saturated heterocycles. The highest BCUT2D eigenvalue weighted by Crippen LogP contribution is 2.35. The molecule has 37 heavy (non-hydrogen) atoms. The molecule has 3 atom stereocenters. The fraction of sp³-hybridized carbons (Fsp3) is 0.483. The Bertz CT molecular complexity index is 1120. The number of nitrogens with zero attached hydrogens (tertiary/aromatic N) is 2. The minimum absolute atomic E-state index is 0.100. The summed E-state index contributed by atoms with van der Waals surface area (Å²) in [4.78, 5) is 15.9. The zero-order valence-corrected chi connectivity index (χ0v) is 22.5. The van der Waals surface area contributed by atoms with E-state index in [1.807, 2.05) is 36.4 Å². The Morgan fingerprint density at radius 3 is 2.46 bits per heavy atom. The highest BCUT2D eigenvalue weighted by atomic mass is 32.2. The predicted octanol–water partition coefficient (Wildman–Crippen LogP) is 5.09. The molecular formula is C29H37F2N3O2S. The third kappa shape index (κ3) is 7.79. The molecule has 0 aromatic heterocycles. The number of carbonyl (C=O) groups is 1. The smallest absolute Gasteiger partial charge is 0.220 e. The number of rotatable bonds is 8. The molecule has 5 rings (SSSR count). The molecule has 200 valence electrons. The molecule has 2 aromatic carbocycles. The van der Waals surface area contributed by atoms with Crippen molar-refractivity contribution in [2.75, 3.05) is 31.9 Å². The van der Waals surface area contributed by atoms with Crippen LogP contribution in [0.3, 0.4) is 0 Å². The molecule has 2 fully saturated rings. The first kappa shape index (κ1) is 27.6. The molecule has 8 heteroatoms. The van der Waals surface area contributed by atoms with Crippen LogP contribution in [0.25, 0.3) is 5.57 Å². The van der Waals surface area contributed by atoms with E-state index in [1.165, 1.54) is 51.8 Å². The molecule has 5 nitrogen and oxygen atoms in total. The van der Waals surface area contributed by atoms with E-state index in [0.717, 1.165) is 35.9 Å². The molecule has 1 N–H and O–H groups in total. The minimum atomic E-state index is -0.818. The van der Waals surface area contributed by atoms with Gasteiger partial charge in [0.2, 0.25) is 5.91 Å². The van der Waals surface area contributed by atoms with Gasteiger partial charge < -0.3 is 9.80 Å². The van der Waals surface area contributed by atoms with Gasteiger partial charge in [-0.2, -0.15) is 0 Å². The number of hydrogen-bond acceptors (Lipinski definition) is 3. The predicted molar refractivity (Wildman–Crippen MR) is 145 cm³/mol. The molecule has 3 aliphatic rings. The molecule has 1 aliphatic carbocycles. The maximum Gasteiger partial charge on any atom is 0.220 e. The van der Waals surface area contributed by atoms with Gasteiger partial charge in [0.1, 0.15) is 11.6 Å². The zero-order chi connectivity index (χ0) is 26.4. The molecule has 2 aliphatic heterocycles. The van der Waals surface area contributed by atoms with Gasteiger partial charge in [0.25, 0.3) is 0 Å². The minimum Gasteiger partial charge on any atom is -0.328 e. The number of halogens is 2. The third-order valence-corrected chi connectivity index (χ3v) is 8.48. The van der Waals surface area contributed by atoms with Crippen molar-refractivity contribution in [3.63, 3.8) is 0 Å². The van der Waals surface area contributed by atoms with Gasteiger partial charge in [-0.05, 0) is 81.0 Å². The lowest BCUT2D eigenvalue weighted by Crippen LogP contribution is -2.34. The van der Waals surface area contributed by atoms with Gasteiger partial charge in [-0.1, -0.05) is 36.4 Å². The third-order valence-electron chi connectivity index (χ3n) is 7.29. The van der Waals surface area contributed by atoms with Gasteiger partial charge in [-0.15, -0.1) is 0 Å². The maximum atomic E-state index is 14.0. The second-order valence-corrected chi connectivity index (χ2v) is 11.5. The largest absolute Gasteiger partial charge is 0.328 e. The van der Waals surface area contributed by atoms with Crippen LogP contribution in [-0.2, 0) is 15.8 Å². The first-order valence-electron chi connectivity index (χ1n) is 13.2. The highest BCUT2D eigenvalue weighted by molar-refractivity contribution is 7.83. The number of carbonyl (C=O) groups excluding carboxylic acids is 1. The van der Waals surface area contributed by atoms with Gasteiger partial charge in [-0.25, -0.2) is 17.7 Å². The van der Waals surface area contributed by atoms with Crippen LogP contribution in [0.1, 0.15) is 56.7 Å². The van der Waals surface area contributed by atoms with E-state index < -0.39 is 22.6 Å². The average molecular weight is 530 g/mol. The summed E-state index contributed by atoms with van der Waals surface area (Å²) < 4.78 is 42.3. The summed E-state index contributed by atoms with van der Waals surface area (Å²) in [6, 6.07) is 13.1. The SMILES string of the molecule is CC(=O)N1CC(c2cc(F)ccc2F)=C[C@H]1c1ccccc1.C[C@@H](NS(=O)CCN1CCCC1)C1CC1. The van der Waals surface area contributed by atoms with Crippen molar-refractivity contribution in [1.82, 2.24) is 14.5 Å². The van der Waals surface area contributed by atoms with E-state index in [-0.39, 0.29) is 24.1 Å². The number of likely N-dealkylation sites (tertiary alicyclic amines) is 1. The van der Waals surface area contributed by atoms with Crippen molar-refractivity contribution < 1.29 is 17.8 Å². The van der Waals surface area contributed by atoms with E-state index in [1.54, 1.807) is 4.90 Å². The van der Waals surface area contributed by atoms with Crippen molar-refractivity contribution >= 4 is 22.5 Å². The van der Waals surface area contributed by atoms with Crippen molar-refractivity contribution in [2.24, 2.45) is 5.92 Å².